The predicted molar refractivity (Wildman–Crippen MR) is 93.7 cm³/mol. The first-order valence-electron chi connectivity index (χ1n) is 6.89. The number of hydrogen-bond donors (Lipinski definition) is 1. The second-order valence-corrected chi connectivity index (χ2v) is 6.37. The third-order valence-electron chi connectivity index (χ3n) is 3.33. The van der Waals surface area contributed by atoms with Crippen molar-refractivity contribution in [3.63, 3.8) is 0 Å². The molecule has 0 aliphatic carbocycles. The molecule has 0 aliphatic rings. The molecule has 0 saturated heterocycles. The van der Waals surface area contributed by atoms with Gasteiger partial charge in [-0.2, -0.15) is 5.10 Å². The molecule has 1 aromatic carbocycles. The van der Waals surface area contributed by atoms with E-state index in [2.05, 4.69) is 33.3 Å². The van der Waals surface area contributed by atoms with Crippen LogP contribution < -0.4 is 5.32 Å². The number of rotatable bonds is 4. The molecule has 4 nitrogen and oxygen atoms in total. The lowest BCUT2D eigenvalue weighted by atomic mass is 10.1. The number of benzene rings is 1. The fourth-order valence-electron chi connectivity index (χ4n) is 2.25. The number of aryl methyl sites for hydroxylation is 1. The van der Waals surface area contributed by atoms with Crippen molar-refractivity contribution >= 4 is 45.0 Å². The summed E-state index contributed by atoms with van der Waals surface area (Å²) in [6.45, 7) is 4.43. The fourth-order valence-corrected chi connectivity index (χ4v) is 3.64. The van der Waals surface area contributed by atoms with Crippen molar-refractivity contribution in [2.45, 2.75) is 20.3 Å². The molecule has 0 bridgehead atoms. The number of hydrogen-bond acceptors (Lipinski definition) is 2. The first kappa shape index (κ1) is 17.3. The SMILES string of the molecule is CCNC(=O)c1cc(-c2nn(C)c(CC)c2Br)c(Cl)cc1Cl. The van der Waals surface area contributed by atoms with Gasteiger partial charge < -0.3 is 5.32 Å². The molecular weight excluding hydrogens is 389 g/mol. The molecule has 0 radical (unpaired) electrons. The summed E-state index contributed by atoms with van der Waals surface area (Å²) in [4.78, 5) is 12.1. The molecular formula is C15H16BrCl2N3O. The minimum Gasteiger partial charge on any atom is -0.352 e. The standard InChI is InChI=1S/C15H16BrCl2N3O/c1-4-12-13(16)14(20-21(12)3)8-6-9(15(22)19-5-2)11(18)7-10(8)17/h6-7H,4-5H2,1-3H3,(H,19,22). The summed E-state index contributed by atoms with van der Waals surface area (Å²) in [7, 11) is 1.88. The molecule has 0 fully saturated rings. The van der Waals surface area contributed by atoms with Gasteiger partial charge in [-0.25, -0.2) is 0 Å². The molecule has 2 rings (SSSR count). The van der Waals surface area contributed by atoms with Crippen molar-refractivity contribution < 1.29 is 4.79 Å². The predicted octanol–water partition coefficient (Wildman–Crippen LogP) is 4.47. The Morgan fingerprint density at radius 3 is 2.55 bits per heavy atom. The van der Waals surface area contributed by atoms with E-state index in [0.29, 0.717) is 33.4 Å². The number of aromatic nitrogens is 2. The van der Waals surface area contributed by atoms with Crippen LogP contribution in [0.15, 0.2) is 16.6 Å². The molecule has 22 heavy (non-hydrogen) atoms. The summed E-state index contributed by atoms with van der Waals surface area (Å²) in [6, 6.07) is 3.26. The van der Waals surface area contributed by atoms with E-state index in [1.54, 1.807) is 16.8 Å². The molecule has 1 heterocycles. The fraction of sp³-hybridized carbons (Fsp3) is 0.333. The topological polar surface area (TPSA) is 46.9 Å². The highest BCUT2D eigenvalue weighted by Crippen LogP contribution is 2.37. The molecule has 0 unspecified atom stereocenters. The third-order valence-corrected chi connectivity index (χ3v) is 4.79. The van der Waals surface area contributed by atoms with Crippen LogP contribution in [0.3, 0.4) is 0 Å². The third kappa shape index (κ3) is 3.16. The van der Waals surface area contributed by atoms with Crippen LogP contribution >= 0.6 is 39.1 Å². The molecule has 1 N–H and O–H groups in total. The lowest BCUT2D eigenvalue weighted by molar-refractivity contribution is 0.0956. The summed E-state index contributed by atoms with van der Waals surface area (Å²) in [6.07, 6.45) is 0.832. The van der Waals surface area contributed by atoms with Gasteiger partial charge in [0.1, 0.15) is 5.69 Å². The lowest BCUT2D eigenvalue weighted by Gasteiger charge is -2.09. The van der Waals surface area contributed by atoms with Gasteiger partial charge in [-0.3, -0.25) is 9.48 Å². The van der Waals surface area contributed by atoms with Crippen LogP contribution in [0.4, 0.5) is 0 Å². The average molecular weight is 405 g/mol. The highest BCUT2D eigenvalue weighted by molar-refractivity contribution is 9.10. The smallest absolute Gasteiger partial charge is 0.252 e. The van der Waals surface area contributed by atoms with Crippen LogP contribution in [0.1, 0.15) is 29.9 Å². The maximum atomic E-state index is 12.1. The van der Waals surface area contributed by atoms with Gasteiger partial charge in [0.25, 0.3) is 5.91 Å². The van der Waals surface area contributed by atoms with Crippen molar-refractivity contribution in [2.75, 3.05) is 6.54 Å². The quantitative estimate of drug-likeness (QED) is 0.817. The first-order valence-corrected chi connectivity index (χ1v) is 8.44. The van der Waals surface area contributed by atoms with Gasteiger partial charge in [-0.15, -0.1) is 0 Å². The molecule has 1 amide bonds. The zero-order valence-electron chi connectivity index (χ0n) is 12.5. The Kier molecular flexibility index (Phi) is 5.53. The summed E-state index contributed by atoms with van der Waals surface area (Å²) >= 11 is 16.0. The van der Waals surface area contributed by atoms with E-state index in [-0.39, 0.29) is 5.91 Å². The van der Waals surface area contributed by atoms with Crippen molar-refractivity contribution in [1.29, 1.82) is 0 Å². The lowest BCUT2D eigenvalue weighted by Crippen LogP contribution is -2.23. The van der Waals surface area contributed by atoms with E-state index < -0.39 is 0 Å². The van der Waals surface area contributed by atoms with Gasteiger partial charge in [-0.1, -0.05) is 30.1 Å². The van der Waals surface area contributed by atoms with E-state index in [1.165, 1.54) is 0 Å². The van der Waals surface area contributed by atoms with Crippen LogP contribution in [0.25, 0.3) is 11.3 Å². The second-order valence-electron chi connectivity index (χ2n) is 4.76. The highest BCUT2D eigenvalue weighted by Gasteiger charge is 2.20. The maximum Gasteiger partial charge on any atom is 0.252 e. The van der Waals surface area contributed by atoms with E-state index >= 15 is 0 Å². The monoisotopic (exact) mass is 403 g/mol. The maximum absolute atomic E-state index is 12.1. The Bertz CT molecular complexity index is 728. The van der Waals surface area contributed by atoms with Crippen molar-refractivity contribution in [1.82, 2.24) is 15.1 Å². The Hall–Kier alpha value is -1.04. The van der Waals surface area contributed by atoms with Crippen LogP contribution in [-0.4, -0.2) is 22.2 Å². The van der Waals surface area contributed by atoms with E-state index in [1.807, 2.05) is 14.0 Å². The Morgan fingerprint density at radius 2 is 2.00 bits per heavy atom. The highest BCUT2D eigenvalue weighted by atomic mass is 79.9. The summed E-state index contributed by atoms with van der Waals surface area (Å²) < 4.78 is 2.68. The molecule has 118 valence electrons. The van der Waals surface area contributed by atoms with Crippen molar-refractivity contribution in [3.8, 4) is 11.3 Å². The molecule has 0 spiro atoms. The number of carbonyl (C=O) groups excluding carboxylic acids is 1. The molecule has 0 atom stereocenters. The number of amides is 1. The van der Waals surface area contributed by atoms with Gasteiger partial charge in [0.2, 0.25) is 0 Å². The normalized spacial score (nSPS) is 10.8. The minimum atomic E-state index is -0.229. The largest absolute Gasteiger partial charge is 0.352 e. The van der Waals surface area contributed by atoms with Crippen LogP contribution in [0.5, 0.6) is 0 Å². The molecule has 7 heteroatoms. The van der Waals surface area contributed by atoms with Gasteiger partial charge in [0.05, 0.1) is 25.8 Å². The zero-order valence-corrected chi connectivity index (χ0v) is 15.6. The van der Waals surface area contributed by atoms with Crippen LogP contribution in [0.2, 0.25) is 10.0 Å². The molecule has 1 aromatic heterocycles. The van der Waals surface area contributed by atoms with Gasteiger partial charge in [0, 0.05) is 19.2 Å². The van der Waals surface area contributed by atoms with Crippen LogP contribution in [-0.2, 0) is 13.5 Å². The number of nitrogens with one attached hydrogen (secondary N) is 1. The van der Waals surface area contributed by atoms with Gasteiger partial charge in [-0.05, 0) is 41.4 Å². The number of carbonyl (C=O) groups is 1. The van der Waals surface area contributed by atoms with Crippen molar-refractivity contribution in [2.24, 2.45) is 7.05 Å². The van der Waals surface area contributed by atoms with Gasteiger partial charge in [0.15, 0.2) is 0 Å². The van der Waals surface area contributed by atoms with E-state index in [0.717, 1.165) is 16.6 Å². The summed E-state index contributed by atoms with van der Waals surface area (Å²) in [5, 5.41) is 8.02. The zero-order chi connectivity index (χ0) is 16.4. The number of halogens is 3. The Labute approximate surface area is 147 Å². The minimum absolute atomic E-state index is 0.229. The number of nitrogens with zero attached hydrogens (tertiary/aromatic N) is 2. The van der Waals surface area contributed by atoms with Gasteiger partial charge >= 0.3 is 0 Å². The second kappa shape index (κ2) is 7.02. The first-order chi connectivity index (χ1) is 10.4. The molecule has 0 aliphatic heterocycles. The Balaban J connectivity index is 2.61. The summed E-state index contributed by atoms with van der Waals surface area (Å²) in [5.74, 6) is -0.229. The molecule has 2 aromatic rings. The summed E-state index contributed by atoms with van der Waals surface area (Å²) in [5.41, 5.74) is 2.82. The van der Waals surface area contributed by atoms with E-state index in [4.69, 9.17) is 23.2 Å². The van der Waals surface area contributed by atoms with Crippen molar-refractivity contribution in [3.05, 3.63) is 37.9 Å². The van der Waals surface area contributed by atoms with E-state index in [9.17, 15) is 4.79 Å². The molecule has 0 saturated carbocycles. The van der Waals surface area contributed by atoms with Crippen LogP contribution in [0, 0.1) is 0 Å². The average Bonchev–Trinajstić information content (AvgIpc) is 2.73. The Morgan fingerprint density at radius 1 is 1.32 bits per heavy atom.